The molecule has 4 fully saturated rings. The molecule has 3 atom stereocenters. The number of fused-ring (bicyclic) bond motifs is 2. The first kappa shape index (κ1) is 18.0. The van der Waals surface area contributed by atoms with E-state index in [4.69, 9.17) is 4.74 Å². The Morgan fingerprint density at radius 2 is 1.86 bits per heavy atom. The van der Waals surface area contributed by atoms with Gasteiger partial charge in [0.2, 0.25) is 0 Å². The summed E-state index contributed by atoms with van der Waals surface area (Å²) in [5.41, 5.74) is 3.62. The van der Waals surface area contributed by atoms with Gasteiger partial charge in [0, 0.05) is 36.7 Å². The van der Waals surface area contributed by atoms with Gasteiger partial charge in [-0.1, -0.05) is 30.3 Å². The number of para-hydroxylation sites is 1. The zero-order chi connectivity index (χ0) is 19.3. The lowest BCUT2D eigenvalue weighted by molar-refractivity contribution is -0.00879. The Hall–Kier alpha value is -2.04. The highest BCUT2D eigenvalue weighted by Crippen LogP contribution is 2.48. The lowest BCUT2D eigenvalue weighted by Gasteiger charge is -2.51. The molecule has 28 heavy (non-hydrogen) atoms. The summed E-state index contributed by atoms with van der Waals surface area (Å²) in [6.45, 7) is 6.49. The van der Waals surface area contributed by atoms with Crippen molar-refractivity contribution in [2.75, 3.05) is 26.7 Å². The van der Waals surface area contributed by atoms with Crippen molar-refractivity contribution in [2.24, 2.45) is 5.92 Å². The van der Waals surface area contributed by atoms with Gasteiger partial charge in [0.1, 0.15) is 11.5 Å². The van der Waals surface area contributed by atoms with Crippen molar-refractivity contribution in [2.45, 2.75) is 44.3 Å². The monoisotopic (exact) mass is 378 g/mol. The van der Waals surface area contributed by atoms with Crippen molar-refractivity contribution in [3.05, 3.63) is 59.2 Å². The normalized spacial score (nSPS) is 31.7. The molecular formula is C24H30N2O2. The zero-order valence-corrected chi connectivity index (χ0v) is 16.8. The van der Waals surface area contributed by atoms with Crippen LogP contribution >= 0.6 is 0 Å². The second-order valence-electron chi connectivity index (χ2n) is 8.75. The molecule has 2 aromatic rings. The molecule has 4 nitrogen and oxygen atoms in total. The molecule has 4 heterocycles. The summed E-state index contributed by atoms with van der Waals surface area (Å²) in [4.78, 5) is 5.45. The van der Waals surface area contributed by atoms with Crippen LogP contribution in [0.3, 0.4) is 0 Å². The van der Waals surface area contributed by atoms with Crippen molar-refractivity contribution in [3.63, 3.8) is 0 Å². The molecule has 2 aromatic carbocycles. The minimum Gasteiger partial charge on any atom is -0.508 e. The maximum absolute atomic E-state index is 9.89. The Morgan fingerprint density at radius 1 is 1.07 bits per heavy atom. The van der Waals surface area contributed by atoms with Crippen LogP contribution in [-0.2, 0) is 6.54 Å². The quantitative estimate of drug-likeness (QED) is 0.879. The van der Waals surface area contributed by atoms with E-state index >= 15 is 0 Å². The van der Waals surface area contributed by atoms with Gasteiger partial charge in [-0.2, -0.15) is 0 Å². The number of hydrogen-bond acceptors (Lipinski definition) is 4. The van der Waals surface area contributed by atoms with Gasteiger partial charge in [-0.3, -0.25) is 9.80 Å². The molecule has 4 aliphatic rings. The summed E-state index contributed by atoms with van der Waals surface area (Å²) in [7, 11) is 1.79. The molecule has 0 saturated carbocycles. The number of aryl methyl sites for hydroxylation is 1. The first-order chi connectivity index (χ1) is 13.7. The van der Waals surface area contributed by atoms with Gasteiger partial charge >= 0.3 is 0 Å². The largest absolute Gasteiger partial charge is 0.508 e. The Morgan fingerprint density at radius 3 is 2.61 bits per heavy atom. The van der Waals surface area contributed by atoms with E-state index in [1.54, 1.807) is 7.11 Å². The highest BCUT2D eigenvalue weighted by molar-refractivity contribution is 5.40. The van der Waals surface area contributed by atoms with Crippen LogP contribution in [0.2, 0.25) is 0 Å². The van der Waals surface area contributed by atoms with Crippen LogP contribution in [0.4, 0.5) is 0 Å². The third-order valence-electron chi connectivity index (χ3n) is 7.28. The summed E-state index contributed by atoms with van der Waals surface area (Å²) < 4.78 is 5.74. The predicted octanol–water partition coefficient (Wildman–Crippen LogP) is 3.77. The maximum atomic E-state index is 9.89. The van der Waals surface area contributed by atoms with Gasteiger partial charge < -0.3 is 9.84 Å². The average molecular weight is 379 g/mol. The Kier molecular flexibility index (Phi) is 4.56. The lowest BCUT2D eigenvalue weighted by atomic mass is 9.75. The second-order valence-corrected chi connectivity index (χ2v) is 8.75. The molecule has 4 aliphatic heterocycles. The van der Waals surface area contributed by atoms with Crippen LogP contribution in [0, 0.1) is 12.8 Å². The molecular weight excluding hydrogens is 348 g/mol. The lowest BCUT2D eigenvalue weighted by Crippen LogP contribution is -2.60. The van der Waals surface area contributed by atoms with Crippen LogP contribution in [0.15, 0.2) is 42.5 Å². The van der Waals surface area contributed by atoms with E-state index in [1.807, 2.05) is 13.0 Å². The maximum Gasteiger partial charge on any atom is 0.122 e. The molecule has 4 heteroatoms. The van der Waals surface area contributed by atoms with E-state index < -0.39 is 0 Å². The SMILES string of the molecule is COc1ccccc1[C@H]1CN(Cc2ccc(O)c(C)c2)[C@@H]2C3CCN(CC3)[C@H]12. The molecule has 4 saturated heterocycles. The molecule has 0 radical (unpaired) electrons. The summed E-state index contributed by atoms with van der Waals surface area (Å²) in [6.07, 6.45) is 2.65. The Labute approximate surface area is 167 Å². The number of phenols is 1. The third kappa shape index (κ3) is 2.90. The number of benzene rings is 2. The molecule has 0 aliphatic carbocycles. The van der Waals surface area contributed by atoms with Crippen molar-refractivity contribution in [3.8, 4) is 11.5 Å². The van der Waals surface area contributed by atoms with Gasteiger partial charge in [0.05, 0.1) is 7.11 Å². The number of rotatable bonds is 4. The van der Waals surface area contributed by atoms with E-state index in [0.717, 1.165) is 30.3 Å². The van der Waals surface area contributed by atoms with E-state index in [0.29, 0.717) is 23.8 Å². The number of piperidine rings is 3. The molecule has 0 aromatic heterocycles. The van der Waals surface area contributed by atoms with E-state index in [-0.39, 0.29) is 0 Å². The van der Waals surface area contributed by atoms with E-state index in [1.165, 1.54) is 37.1 Å². The fourth-order valence-electron chi connectivity index (χ4n) is 6.02. The molecule has 1 N–H and O–H groups in total. The fraction of sp³-hybridized carbons (Fsp3) is 0.500. The van der Waals surface area contributed by atoms with E-state index in [2.05, 4.69) is 46.2 Å². The molecule has 148 valence electrons. The smallest absolute Gasteiger partial charge is 0.122 e. The van der Waals surface area contributed by atoms with E-state index in [9.17, 15) is 5.11 Å². The minimum atomic E-state index is 0.387. The van der Waals surface area contributed by atoms with Crippen molar-refractivity contribution >= 4 is 0 Å². The van der Waals surface area contributed by atoms with Crippen LogP contribution in [-0.4, -0.2) is 53.7 Å². The number of phenolic OH excluding ortho intramolecular Hbond substituents is 1. The predicted molar refractivity (Wildman–Crippen MR) is 111 cm³/mol. The number of methoxy groups -OCH3 is 1. The third-order valence-corrected chi connectivity index (χ3v) is 7.28. The van der Waals surface area contributed by atoms with Gasteiger partial charge in [0.15, 0.2) is 0 Å². The van der Waals surface area contributed by atoms with Gasteiger partial charge in [-0.05, 0) is 62.0 Å². The fourth-order valence-corrected chi connectivity index (χ4v) is 6.02. The second kappa shape index (κ2) is 7.09. The van der Waals surface area contributed by atoms with Crippen molar-refractivity contribution < 1.29 is 9.84 Å². The first-order valence-corrected chi connectivity index (χ1v) is 10.5. The van der Waals surface area contributed by atoms with Crippen LogP contribution in [0.25, 0.3) is 0 Å². The molecule has 0 spiro atoms. The highest BCUT2D eigenvalue weighted by Gasteiger charge is 2.53. The molecule has 6 rings (SSSR count). The zero-order valence-electron chi connectivity index (χ0n) is 16.8. The molecule has 0 unspecified atom stereocenters. The van der Waals surface area contributed by atoms with Crippen LogP contribution in [0.5, 0.6) is 11.5 Å². The number of nitrogens with zero attached hydrogens (tertiary/aromatic N) is 2. The number of likely N-dealkylation sites (tertiary alicyclic amines) is 1. The summed E-state index contributed by atoms with van der Waals surface area (Å²) in [5.74, 6) is 2.70. The number of ether oxygens (including phenoxy) is 1. The van der Waals surface area contributed by atoms with Crippen molar-refractivity contribution in [1.82, 2.24) is 9.80 Å². The van der Waals surface area contributed by atoms with Crippen LogP contribution < -0.4 is 4.74 Å². The first-order valence-electron chi connectivity index (χ1n) is 10.5. The number of hydrogen-bond donors (Lipinski definition) is 1. The average Bonchev–Trinajstić information content (AvgIpc) is 3.13. The highest BCUT2D eigenvalue weighted by atomic mass is 16.5. The number of aromatic hydroxyl groups is 1. The van der Waals surface area contributed by atoms with Gasteiger partial charge in [-0.25, -0.2) is 0 Å². The summed E-state index contributed by atoms with van der Waals surface area (Å²) in [5, 5.41) is 9.89. The van der Waals surface area contributed by atoms with Gasteiger partial charge in [-0.15, -0.1) is 0 Å². The summed E-state index contributed by atoms with van der Waals surface area (Å²) >= 11 is 0. The minimum absolute atomic E-state index is 0.387. The summed E-state index contributed by atoms with van der Waals surface area (Å²) in [6, 6.07) is 15.8. The Balaban J connectivity index is 1.49. The van der Waals surface area contributed by atoms with Gasteiger partial charge in [0.25, 0.3) is 0 Å². The van der Waals surface area contributed by atoms with Crippen LogP contribution in [0.1, 0.15) is 35.4 Å². The standard InChI is InChI=1S/C24H30N2O2/c1-16-13-17(7-8-21(16)27)14-26-15-20(19-5-3-4-6-22(19)28-2)24-23(26)18-9-11-25(24)12-10-18/h3-8,13,18,20,23-24,27H,9-12,14-15H2,1-2H3/t20-,23-,24-/m1/s1. The molecule has 0 amide bonds. The Bertz CT molecular complexity index is 859. The van der Waals surface area contributed by atoms with Crippen molar-refractivity contribution in [1.29, 1.82) is 0 Å². The molecule has 2 bridgehead atoms. The topological polar surface area (TPSA) is 35.9 Å².